The third-order valence-corrected chi connectivity index (χ3v) is 8.86. The molecule has 0 saturated heterocycles. The molecule has 0 amide bonds. The molecule has 0 fully saturated rings. The number of aromatic nitrogens is 3. The van der Waals surface area contributed by atoms with Crippen LogP contribution in [0.25, 0.3) is 55.7 Å². The standard InChI is InChI=1S/C41H29N5O/c1-44-26-45(38-20-9-8-19-37(38)44)28-12-10-13-29(24-28)47-30-21-22-34-33-16-6-7-18-36(33)46(39(34)25-30)41-35-17-5-4-15-32(35)31-14-3-2-11-27(31)23-40(42)43-41/h2-25H,1H3,(H2,42,43). The van der Waals surface area contributed by atoms with Crippen LogP contribution in [0.5, 0.6) is 11.5 Å². The number of para-hydroxylation sites is 3. The van der Waals surface area contributed by atoms with Crippen LogP contribution in [0.1, 0.15) is 11.1 Å². The fraction of sp³-hybridized carbons (Fsp3) is 0.0244. The lowest BCUT2D eigenvalue weighted by molar-refractivity contribution is -0.572. The van der Waals surface area contributed by atoms with Gasteiger partial charge in [0.1, 0.15) is 23.2 Å². The zero-order chi connectivity index (χ0) is 31.5. The molecule has 0 aliphatic carbocycles. The van der Waals surface area contributed by atoms with Crippen molar-refractivity contribution in [2.24, 2.45) is 17.8 Å². The van der Waals surface area contributed by atoms with E-state index < -0.39 is 0 Å². The van der Waals surface area contributed by atoms with Gasteiger partial charge in [-0.25, -0.2) is 4.99 Å². The minimum absolute atomic E-state index is 0.444. The molecule has 9 rings (SSSR count). The van der Waals surface area contributed by atoms with E-state index in [4.69, 9.17) is 15.5 Å². The molecule has 0 unspecified atom stereocenters. The van der Waals surface area contributed by atoms with Gasteiger partial charge in [-0.2, -0.15) is 0 Å². The molecule has 47 heavy (non-hydrogen) atoms. The van der Waals surface area contributed by atoms with Crippen molar-refractivity contribution in [3.63, 3.8) is 0 Å². The molecule has 6 aromatic carbocycles. The highest BCUT2D eigenvalue weighted by Gasteiger charge is 2.22. The second-order valence-electron chi connectivity index (χ2n) is 11.8. The van der Waals surface area contributed by atoms with Gasteiger partial charge in [-0.15, -0.1) is 0 Å². The van der Waals surface area contributed by atoms with Crippen LogP contribution in [-0.2, 0) is 7.05 Å². The Balaban J connectivity index is 1.20. The molecule has 0 radical (unpaired) electrons. The Labute approximate surface area is 271 Å². The summed E-state index contributed by atoms with van der Waals surface area (Å²) in [5.74, 6) is 2.66. The number of nitrogens with zero attached hydrogens (tertiary/aromatic N) is 4. The average molecular weight is 608 g/mol. The molecule has 224 valence electrons. The quantitative estimate of drug-likeness (QED) is 0.162. The largest absolute Gasteiger partial charge is 0.458 e. The molecular weight excluding hydrogens is 578 g/mol. The highest BCUT2D eigenvalue weighted by molar-refractivity contribution is 6.20. The van der Waals surface area contributed by atoms with Gasteiger partial charge in [0, 0.05) is 22.4 Å². The monoisotopic (exact) mass is 607 g/mol. The molecule has 2 N–H and O–H groups in total. The van der Waals surface area contributed by atoms with Crippen molar-refractivity contribution in [2.75, 3.05) is 0 Å². The summed E-state index contributed by atoms with van der Waals surface area (Å²) in [5, 5.41) is 2.23. The predicted octanol–water partition coefficient (Wildman–Crippen LogP) is 8.39. The molecule has 3 heterocycles. The predicted molar refractivity (Wildman–Crippen MR) is 189 cm³/mol. The lowest BCUT2D eigenvalue weighted by Crippen LogP contribution is -2.29. The summed E-state index contributed by atoms with van der Waals surface area (Å²) in [5.41, 5.74) is 16.1. The fourth-order valence-electron chi connectivity index (χ4n) is 6.78. The topological polar surface area (TPSA) is 61.3 Å². The average Bonchev–Trinajstić information content (AvgIpc) is 3.61. The van der Waals surface area contributed by atoms with Crippen molar-refractivity contribution in [3.05, 3.63) is 163 Å². The third-order valence-electron chi connectivity index (χ3n) is 8.86. The SMILES string of the molecule is Cn1[c-][n+](-c2cccc(Oc3ccc4c5ccccc5n(/C5=N/C(N)=C\c6ccccc6-c6ccccc65)c4c3)c2)c2ccccc21. The van der Waals surface area contributed by atoms with Crippen LogP contribution >= 0.6 is 0 Å². The number of benzene rings is 6. The van der Waals surface area contributed by atoms with Crippen LogP contribution in [0.2, 0.25) is 0 Å². The zero-order valence-electron chi connectivity index (χ0n) is 25.6. The first kappa shape index (κ1) is 27.0. The number of fused-ring (bicyclic) bond motifs is 7. The molecule has 8 aromatic rings. The minimum Gasteiger partial charge on any atom is -0.458 e. The Hall–Kier alpha value is -6.40. The van der Waals surface area contributed by atoms with Crippen molar-refractivity contribution in [1.82, 2.24) is 9.13 Å². The van der Waals surface area contributed by atoms with Crippen molar-refractivity contribution < 1.29 is 9.30 Å². The van der Waals surface area contributed by atoms with E-state index >= 15 is 0 Å². The number of ether oxygens (including phenoxy) is 1. The first-order chi connectivity index (χ1) is 23.1. The maximum atomic E-state index is 6.62. The third kappa shape index (κ3) is 4.42. The molecule has 0 atom stereocenters. The molecule has 2 aromatic heterocycles. The van der Waals surface area contributed by atoms with Gasteiger partial charge in [-0.3, -0.25) is 4.57 Å². The Morgan fingerprint density at radius 3 is 2.23 bits per heavy atom. The maximum absolute atomic E-state index is 6.62. The van der Waals surface area contributed by atoms with Gasteiger partial charge in [0.25, 0.3) is 0 Å². The summed E-state index contributed by atoms with van der Waals surface area (Å²) in [6.07, 6.45) is 5.37. The van der Waals surface area contributed by atoms with Crippen LogP contribution in [0.3, 0.4) is 0 Å². The second-order valence-corrected chi connectivity index (χ2v) is 11.8. The summed E-state index contributed by atoms with van der Waals surface area (Å²) in [7, 11) is 2.01. The summed E-state index contributed by atoms with van der Waals surface area (Å²) < 4.78 is 12.8. The number of hydrogen-bond acceptors (Lipinski definition) is 3. The molecule has 6 nitrogen and oxygen atoms in total. The van der Waals surface area contributed by atoms with Gasteiger partial charge >= 0.3 is 0 Å². The number of imidazole rings is 1. The first-order valence-corrected chi connectivity index (χ1v) is 15.6. The van der Waals surface area contributed by atoms with Crippen LogP contribution in [-0.4, -0.2) is 15.0 Å². The van der Waals surface area contributed by atoms with Gasteiger partial charge in [-0.1, -0.05) is 103 Å². The van der Waals surface area contributed by atoms with Crippen molar-refractivity contribution in [3.8, 4) is 28.3 Å². The van der Waals surface area contributed by atoms with Gasteiger partial charge in [-0.05, 0) is 53.1 Å². The van der Waals surface area contributed by atoms with Crippen molar-refractivity contribution in [1.29, 1.82) is 0 Å². The normalized spacial score (nSPS) is 14.9. The van der Waals surface area contributed by atoms with Crippen LogP contribution in [0, 0.1) is 6.33 Å². The minimum atomic E-state index is 0.444. The smallest absolute Gasteiger partial charge is 0.244 e. The van der Waals surface area contributed by atoms with E-state index in [0.29, 0.717) is 5.82 Å². The number of nitrogens with two attached hydrogens (primary N) is 1. The Morgan fingerprint density at radius 1 is 0.638 bits per heavy atom. The molecule has 0 saturated carbocycles. The molecule has 0 spiro atoms. The van der Waals surface area contributed by atoms with Gasteiger partial charge in [0.2, 0.25) is 6.33 Å². The molecule has 0 bridgehead atoms. The van der Waals surface area contributed by atoms with Gasteiger partial charge < -0.3 is 19.6 Å². The molecule has 1 aliphatic rings. The van der Waals surface area contributed by atoms with E-state index in [2.05, 4.69) is 113 Å². The molecular formula is C41H29N5O. The zero-order valence-corrected chi connectivity index (χ0v) is 25.6. The highest BCUT2D eigenvalue weighted by Crippen LogP contribution is 2.37. The first-order valence-electron chi connectivity index (χ1n) is 15.6. The summed E-state index contributed by atoms with van der Waals surface area (Å²) in [4.78, 5) is 5.07. The maximum Gasteiger partial charge on any atom is 0.244 e. The summed E-state index contributed by atoms with van der Waals surface area (Å²) in [6.45, 7) is 0. The summed E-state index contributed by atoms with van der Waals surface area (Å²) in [6, 6.07) is 47.8. The van der Waals surface area contributed by atoms with Crippen molar-refractivity contribution >= 4 is 44.8 Å². The lowest BCUT2D eigenvalue weighted by atomic mass is 9.93. The highest BCUT2D eigenvalue weighted by atomic mass is 16.5. The Kier molecular flexibility index (Phi) is 6.08. The Bertz CT molecular complexity index is 2590. The lowest BCUT2D eigenvalue weighted by Gasteiger charge is -2.19. The van der Waals surface area contributed by atoms with Crippen LogP contribution < -0.4 is 15.0 Å². The Morgan fingerprint density at radius 2 is 1.34 bits per heavy atom. The fourth-order valence-corrected chi connectivity index (χ4v) is 6.78. The van der Waals surface area contributed by atoms with Gasteiger partial charge in [0.05, 0.1) is 34.8 Å². The number of aryl methyl sites for hydroxylation is 1. The summed E-state index contributed by atoms with van der Waals surface area (Å²) >= 11 is 0. The number of hydrogen-bond donors (Lipinski definition) is 1. The van der Waals surface area contributed by atoms with E-state index in [0.717, 1.165) is 78.1 Å². The van der Waals surface area contributed by atoms with E-state index in [1.807, 2.05) is 60.2 Å². The second kappa shape index (κ2) is 10.6. The molecule has 6 heteroatoms. The van der Waals surface area contributed by atoms with Crippen molar-refractivity contribution in [2.45, 2.75) is 0 Å². The number of aliphatic imine (C=N–C) groups is 1. The number of rotatable bonds is 3. The van der Waals surface area contributed by atoms with Gasteiger partial charge in [0.15, 0.2) is 0 Å². The van der Waals surface area contributed by atoms with E-state index in [1.54, 1.807) is 0 Å². The van der Waals surface area contributed by atoms with E-state index in [-0.39, 0.29) is 0 Å². The van der Waals surface area contributed by atoms with E-state index in [9.17, 15) is 0 Å². The van der Waals surface area contributed by atoms with Crippen LogP contribution in [0.15, 0.2) is 150 Å². The van der Waals surface area contributed by atoms with Crippen LogP contribution in [0.4, 0.5) is 0 Å². The van der Waals surface area contributed by atoms with E-state index in [1.165, 1.54) is 0 Å². The molecule has 1 aliphatic heterocycles.